The molecular weight excluding hydrogens is 631 g/mol. The van der Waals surface area contributed by atoms with E-state index in [0.29, 0.717) is 17.5 Å². The SMILES string of the molecule is c1ccc(-c2ccc(-c3nc(-c4ccc(-c5ccccc5)cc4)nc(-c4cccc(-c5cc6c7c(cccc7c5)-c5ccccc5-6)c4)n3)cc2)cc1. The molecule has 9 aromatic rings. The predicted molar refractivity (Wildman–Crippen MR) is 214 cm³/mol. The Bertz CT molecular complexity index is 2650. The van der Waals surface area contributed by atoms with Gasteiger partial charge in [0.25, 0.3) is 0 Å². The first-order valence-electron chi connectivity index (χ1n) is 17.6. The zero-order chi connectivity index (χ0) is 34.4. The summed E-state index contributed by atoms with van der Waals surface area (Å²) in [6.45, 7) is 0. The number of aromatic nitrogens is 3. The Morgan fingerprint density at radius 2 is 0.654 bits per heavy atom. The molecule has 0 amide bonds. The molecule has 0 aliphatic heterocycles. The van der Waals surface area contributed by atoms with Crippen LogP contribution in [-0.2, 0) is 0 Å². The molecule has 10 rings (SSSR count). The van der Waals surface area contributed by atoms with Crippen molar-refractivity contribution in [2.45, 2.75) is 0 Å². The van der Waals surface area contributed by atoms with Crippen LogP contribution in [0.1, 0.15) is 0 Å². The van der Waals surface area contributed by atoms with Crippen molar-refractivity contribution in [3.8, 4) is 89.8 Å². The molecule has 0 N–H and O–H groups in total. The molecule has 0 fully saturated rings. The summed E-state index contributed by atoms with van der Waals surface area (Å²) in [5.74, 6) is 1.92. The van der Waals surface area contributed by atoms with E-state index in [0.717, 1.165) is 33.4 Å². The quantitative estimate of drug-likeness (QED) is 0.178. The number of hydrogen-bond acceptors (Lipinski definition) is 3. The third-order valence-corrected chi connectivity index (χ3v) is 10.1. The fourth-order valence-corrected chi connectivity index (χ4v) is 7.47. The van der Waals surface area contributed by atoms with Crippen molar-refractivity contribution in [2.24, 2.45) is 0 Å². The van der Waals surface area contributed by atoms with Gasteiger partial charge in [-0.15, -0.1) is 0 Å². The monoisotopic (exact) mass is 661 g/mol. The van der Waals surface area contributed by atoms with Gasteiger partial charge in [0.2, 0.25) is 0 Å². The van der Waals surface area contributed by atoms with Crippen LogP contribution in [0.5, 0.6) is 0 Å². The molecule has 3 nitrogen and oxygen atoms in total. The lowest BCUT2D eigenvalue weighted by Gasteiger charge is -2.12. The van der Waals surface area contributed by atoms with E-state index in [9.17, 15) is 0 Å². The Balaban J connectivity index is 1.08. The molecule has 0 radical (unpaired) electrons. The Morgan fingerprint density at radius 3 is 1.25 bits per heavy atom. The highest BCUT2D eigenvalue weighted by Gasteiger charge is 2.22. The molecule has 242 valence electrons. The molecule has 1 aliphatic rings. The maximum atomic E-state index is 5.10. The van der Waals surface area contributed by atoms with Crippen LogP contribution < -0.4 is 0 Å². The fourth-order valence-electron chi connectivity index (χ4n) is 7.47. The van der Waals surface area contributed by atoms with Crippen LogP contribution in [0.3, 0.4) is 0 Å². The molecule has 1 aromatic heterocycles. The first kappa shape index (κ1) is 29.9. The number of benzene rings is 8. The Morgan fingerprint density at radius 1 is 0.231 bits per heavy atom. The van der Waals surface area contributed by atoms with Gasteiger partial charge in [-0.05, 0) is 84.6 Å². The number of hydrogen-bond donors (Lipinski definition) is 0. The van der Waals surface area contributed by atoms with Gasteiger partial charge >= 0.3 is 0 Å². The van der Waals surface area contributed by atoms with E-state index in [4.69, 9.17) is 15.0 Å². The lowest BCUT2D eigenvalue weighted by atomic mass is 9.95. The van der Waals surface area contributed by atoms with Gasteiger partial charge in [-0.1, -0.05) is 170 Å². The second kappa shape index (κ2) is 12.4. The number of nitrogens with zero attached hydrogens (tertiary/aromatic N) is 3. The van der Waals surface area contributed by atoms with Gasteiger partial charge < -0.3 is 0 Å². The first-order chi connectivity index (χ1) is 25.7. The smallest absolute Gasteiger partial charge is 0.164 e. The summed E-state index contributed by atoms with van der Waals surface area (Å²) in [6, 6.07) is 66.3. The number of fused-ring (bicyclic) bond motifs is 3. The van der Waals surface area contributed by atoms with Crippen LogP contribution in [0.2, 0.25) is 0 Å². The molecule has 1 heterocycles. The first-order valence-corrected chi connectivity index (χ1v) is 17.6. The third kappa shape index (κ3) is 5.28. The molecule has 1 aliphatic carbocycles. The Kier molecular flexibility index (Phi) is 7.14. The maximum absolute atomic E-state index is 5.10. The topological polar surface area (TPSA) is 38.7 Å². The van der Waals surface area contributed by atoms with Crippen molar-refractivity contribution in [3.63, 3.8) is 0 Å². The summed E-state index contributed by atoms with van der Waals surface area (Å²) in [4.78, 5) is 15.2. The van der Waals surface area contributed by atoms with Crippen LogP contribution >= 0.6 is 0 Å². The Labute approximate surface area is 302 Å². The van der Waals surface area contributed by atoms with Crippen LogP contribution in [0.15, 0.2) is 188 Å². The van der Waals surface area contributed by atoms with Crippen molar-refractivity contribution in [2.75, 3.05) is 0 Å². The lowest BCUT2D eigenvalue weighted by Crippen LogP contribution is -2.00. The average molecular weight is 662 g/mol. The zero-order valence-electron chi connectivity index (χ0n) is 28.2. The van der Waals surface area contributed by atoms with Gasteiger partial charge in [0.15, 0.2) is 17.5 Å². The van der Waals surface area contributed by atoms with Crippen molar-refractivity contribution in [1.82, 2.24) is 15.0 Å². The van der Waals surface area contributed by atoms with Gasteiger partial charge in [0.1, 0.15) is 0 Å². The summed E-state index contributed by atoms with van der Waals surface area (Å²) in [5.41, 5.74) is 14.9. The van der Waals surface area contributed by atoms with Crippen LogP contribution in [0.4, 0.5) is 0 Å². The average Bonchev–Trinajstić information content (AvgIpc) is 3.56. The highest BCUT2D eigenvalue weighted by molar-refractivity contribution is 6.16. The van der Waals surface area contributed by atoms with E-state index in [2.05, 4.69) is 176 Å². The summed E-state index contributed by atoms with van der Waals surface area (Å²) >= 11 is 0. The third-order valence-electron chi connectivity index (χ3n) is 10.1. The second-order valence-electron chi connectivity index (χ2n) is 13.2. The summed E-state index contributed by atoms with van der Waals surface area (Å²) in [5, 5.41) is 2.57. The molecule has 0 saturated carbocycles. The molecule has 52 heavy (non-hydrogen) atoms. The lowest BCUT2D eigenvalue weighted by molar-refractivity contribution is 1.07. The van der Waals surface area contributed by atoms with Gasteiger partial charge in [0.05, 0.1) is 0 Å². The van der Waals surface area contributed by atoms with E-state index < -0.39 is 0 Å². The van der Waals surface area contributed by atoms with E-state index >= 15 is 0 Å². The normalized spacial score (nSPS) is 11.5. The molecule has 0 atom stereocenters. The minimum atomic E-state index is 0.638. The fraction of sp³-hybridized carbons (Fsp3) is 0. The van der Waals surface area contributed by atoms with Gasteiger partial charge in [-0.3, -0.25) is 0 Å². The van der Waals surface area contributed by atoms with Crippen molar-refractivity contribution in [3.05, 3.63) is 188 Å². The predicted octanol–water partition coefficient (Wildman–Crippen LogP) is 12.7. The van der Waals surface area contributed by atoms with Crippen molar-refractivity contribution < 1.29 is 0 Å². The van der Waals surface area contributed by atoms with Gasteiger partial charge in [-0.2, -0.15) is 0 Å². The van der Waals surface area contributed by atoms with Gasteiger partial charge in [0, 0.05) is 16.7 Å². The number of rotatable bonds is 6. The zero-order valence-corrected chi connectivity index (χ0v) is 28.2. The van der Waals surface area contributed by atoms with E-state index in [-0.39, 0.29) is 0 Å². The molecule has 0 unspecified atom stereocenters. The molecule has 0 bridgehead atoms. The molecule has 0 saturated heterocycles. The Hall–Kier alpha value is -6.97. The minimum absolute atomic E-state index is 0.638. The highest BCUT2D eigenvalue weighted by atomic mass is 15.0. The van der Waals surface area contributed by atoms with Crippen LogP contribution in [0.25, 0.3) is 101 Å². The summed E-state index contributed by atoms with van der Waals surface area (Å²) in [7, 11) is 0. The van der Waals surface area contributed by atoms with E-state index in [1.165, 1.54) is 49.7 Å². The van der Waals surface area contributed by atoms with Gasteiger partial charge in [-0.25, -0.2) is 15.0 Å². The van der Waals surface area contributed by atoms with E-state index in [1.807, 2.05) is 12.1 Å². The summed E-state index contributed by atoms with van der Waals surface area (Å²) < 4.78 is 0. The van der Waals surface area contributed by atoms with Crippen LogP contribution in [-0.4, -0.2) is 15.0 Å². The van der Waals surface area contributed by atoms with E-state index in [1.54, 1.807) is 0 Å². The van der Waals surface area contributed by atoms with Crippen LogP contribution in [0, 0.1) is 0 Å². The molecule has 0 spiro atoms. The summed E-state index contributed by atoms with van der Waals surface area (Å²) in [6.07, 6.45) is 0. The minimum Gasteiger partial charge on any atom is -0.208 e. The second-order valence-corrected chi connectivity index (χ2v) is 13.2. The molecular formula is C49H31N3. The maximum Gasteiger partial charge on any atom is 0.164 e. The van der Waals surface area contributed by atoms with Crippen molar-refractivity contribution >= 4 is 10.8 Å². The standard InChI is InChI=1S/C49H31N3/c1-3-11-32(12-4-1)34-21-25-36(26-22-34)47-50-48(37-27-23-35(24-28-37)33-13-5-2-6-14-33)52-49(51-47)40-17-9-15-38(29-40)41-30-39-16-10-20-44-42-18-7-8-19-43(42)45(31-41)46(39)44/h1-31H. The largest absolute Gasteiger partial charge is 0.208 e. The highest BCUT2D eigenvalue weighted by Crippen LogP contribution is 2.48. The van der Waals surface area contributed by atoms with Crippen molar-refractivity contribution in [1.29, 1.82) is 0 Å². The molecule has 3 heteroatoms. The molecule has 8 aromatic carbocycles.